The van der Waals surface area contributed by atoms with Crippen LogP contribution in [0.5, 0.6) is 0 Å². The minimum Gasteiger partial charge on any atom is -0.378 e. The average Bonchev–Trinajstić information content (AvgIpc) is 2.84. The van der Waals surface area contributed by atoms with Gasteiger partial charge in [-0.05, 0) is 60.9 Å². The van der Waals surface area contributed by atoms with Crippen LogP contribution in [0, 0.1) is 6.92 Å². The Kier molecular flexibility index (Phi) is 7.19. The summed E-state index contributed by atoms with van der Waals surface area (Å²) in [6.07, 6.45) is 1.19. The van der Waals surface area contributed by atoms with Crippen molar-refractivity contribution in [3.05, 3.63) is 59.7 Å². The van der Waals surface area contributed by atoms with Gasteiger partial charge >= 0.3 is 0 Å². The molecule has 0 unspecified atom stereocenters. The van der Waals surface area contributed by atoms with Crippen molar-refractivity contribution in [1.29, 1.82) is 0 Å². The van der Waals surface area contributed by atoms with E-state index in [1.165, 1.54) is 5.56 Å². The molecule has 172 valence electrons. The monoisotopic (exact) mass is 446 g/mol. The van der Waals surface area contributed by atoms with Crippen molar-refractivity contribution in [2.24, 2.45) is 0 Å². The Morgan fingerprint density at radius 3 is 2.24 bits per heavy atom. The predicted octanol–water partition coefficient (Wildman–Crippen LogP) is 4.30. The number of fused-ring (bicyclic) bond motifs is 1. The van der Waals surface area contributed by atoms with E-state index in [1.807, 2.05) is 42.5 Å². The summed E-state index contributed by atoms with van der Waals surface area (Å²) in [5.41, 5.74) is 4.65. The van der Waals surface area contributed by atoms with Crippen molar-refractivity contribution in [2.45, 2.75) is 33.1 Å². The zero-order chi connectivity index (χ0) is 23.2. The van der Waals surface area contributed by atoms with Gasteiger partial charge in [0, 0.05) is 42.7 Å². The smallest absolute Gasteiger partial charge is 0.224 e. The lowest BCUT2D eigenvalue weighted by atomic mass is 10.1. The van der Waals surface area contributed by atoms with E-state index in [-0.39, 0.29) is 24.7 Å². The molecule has 7 nitrogen and oxygen atoms in total. The number of rotatable bonds is 7. The molecule has 0 bridgehead atoms. The lowest BCUT2D eigenvalue weighted by molar-refractivity contribution is -0.121. The van der Waals surface area contributed by atoms with Gasteiger partial charge in [0.05, 0.1) is 18.7 Å². The van der Waals surface area contributed by atoms with E-state index in [0.29, 0.717) is 18.9 Å². The zero-order valence-corrected chi connectivity index (χ0v) is 19.2. The van der Waals surface area contributed by atoms with Crippen molar-refractivity contribution >= 4 is 39.9 Å². The van der Waals surface area contributed by atoms with E-state index < -0.39 is 0 Å². The molecule has 4 rings (SSSR count). The molecule has 1 aliphatic rings. The molecule has 33 heavy (non-hydrogen) atoms. The largest absolute Gasteiger partial charge is 0.378 e. The van der Waals surface area contributed by atoms with Gasteiger partial charge in [-0.3, -0.25) is 9.59 Å². The first-order chi connectivity index (χ1) is 16.0. The van der Waals surface area contributed by atoms with Crippen molar-refractivity contribution in [1.82, 2.24) is 4.98 Å². The molecule has 0 spiro atoms. The summed E-state index contributed by atoms with van der Waals surface area (Å²) in [5.74, 6) is 0.584. The molecule has 0 saturated carbocycles. The Bertz CT molecular complexity index is 1140. The van der Waals surface area contributed by atoms with E-state index in [2.05, 4.69) is 35.4 Å². The average molecular weight is 447 g/mol. The van der Waals surface area contributed by atoms with Crippen LogP contribution in [0.3, 0.4) is 0 Å². The van der Waals surface area contributed by atoms with Crippen LogP contribution in [0.1, 0.15) is 30.9 Å². The third-order valence-corrected chi connectivity index (χ3v) is 5.85. The van der Waals surface area contributed by atoms with Crippen LogP contribution in [0.15, 0.2) is 48.5 Å². The SMILES string of the molecule is CCc1ccc(NC(=O)CCC(=O)Nc2ccc3nc(N4CCOCC4)cc(C)c3c2)cc1. The number of amides is 2. The van der Waals surface area contributed by atoms with Crippen LogP contribution >= 0.6 is 0 Å². The molecule has 1 aromatic heterocycles. The third kappa shape index (κ3) is 5.87. The van der Waals surface area contributed by atoms with Crippen LogP contribution in [-0.4, -0.2) is 43.1 Å². The molecule has 2 heterocycles. The van der Waals surface area contributed by atoms with Gasteiger partial charge in [-0.15, -0.1) is 0 Å². The van der Waals surface area contributed by atoms with E-state index in [9.17, 15) is 9.59 Å². The number of morpholine rings is 1. The number of nitrogens with zero attached hydrogens (tertiary/aromatic N) is 2. The summed E-state index contributed by atoms with van der Waals surface area (Å²) in [4.78, 5) is 31.6. The first kappa shape index (κ1) is 22.7. The third-order valence-electron chi connectivity index (χ3n) is 5.85. The van der Waals surface area contributed by atoms with E-state index in [4.69, 9.17) is 9.72 Å². The molecule has 0 atom stereocenters. The van der Waals surface area contributed by atoms with Gasteiger partial charge in [-0.2, -0.15) is 0 Å². The fraction of sp³-hybridized carbons (Fsp3) is 0.346. The van der Waals surface area contributed by atoms with Crippen molar-refractivity contribution in [3.8, 4) is 0 Å². The minimum absolute atomic E-state index is 0.115. The van der Waals surface area contributed by atoms with Gasteiger partial charge in [0.1, 0.15) is 5.82 Å². The standard InChI is InChI=1S/C26H30N4O3/c1-3-19-4-6-20(7-5-19)27-25(31)10-11-26(32)28-21-8-9-23-22(17-21)18(2)16-24(29-23)30-12-14-33-15-13-30/h4-9,16-17H,3,10-15H2,1-2H3,(H,27,31)(H,28,32). The fourth-order valence-electron chi connectivity index (χ4n) is 3.91. The molecule has 3 aromatic rings. The molecule has 0 radical (unpaired) electrons. The molecule has 2 N–H and O–H groups in total. The van der Waals surface area contributed by atoms with Gasteiger partial charge in [0.25, 0.3) is 0 Å². The van der Waals surface area contributed by atoms with Crippen LogP contribution in [0.25, 0.3) is 10.9 Å². The van der Waals surface area contributed by atoms with E-state index in [0.717, 1.165) is 47.5 Å². The molecule has 1 aliphatic heterocycles. The Labute approximate surface area is 194 Å². The van der Waals surface area contributed by atoms with Gasteiger partial charge in [-0.1, -0.05) is 19.1 Å². The maximum atomic E-state index is 12.4. The summed E-state index contributed by atoms with van der Waals surface area (Å²) < 4.78 is 5.43. The predicted molar refractivity (Wildman–Crippen MR) is 132 cm³/mol. The van der Waals surface area contributed by atoms with Gasteiger partial charge in [-0.25, -0.2) is 4.98 Å². The first-order valence-electron chi connectivity index (χ1n) is 11.4. The number of hydrogen-bond donors (Lipinski definition) is 2. The number of nitrogens with one attached hydrogen (secondary N) is 2. The Hall–Kier alpha value is -3.45. The zero-order valence-electron chi connectivity index (χ0n) is 19.2. The summed E-state index contributed by atoms with van der Waals surface area (Å²) in [6, 6.07) is 15.5. The molecule has 2 amide bonds. The summed E-state index contributed by atoms with van der Waals surface area (Å²) >= 11 is 0. The normalized spacial score (nSPS) is 13.7. The fourth-order valence-corrected chi connectivity index (χ4v) is 3.91. The summed E-state index contributed by atoms with van der Waals surface area (Å²) in [7, 11) is 0. The number of aryl methyl sites for hydroxylation is 2. The van der Waals surface area contributed by atoms with Crippen LogP contribution < -0.4 is 15.5 Å². The lowest BCUT2D eigenvalue weighted by Crippen LogP contribution is -2.36. The first-order valence-corrected chi connectivity index (χ1v) is 11.4. The highest BCUT2D eigenvalue weighted by molar-refractivity contribution is 5.98. The highest BCUT2D eigenvalue weighted by Crippen LogP contribution is 2.26. The van der Waals surface area contributed by atoms with Crippen molar-refractivity contribution in [3.63, 3.8) is 0 Å². The summed E-state index contributed by atoms with van der Waals surface area (Å²) in [5, 5.41) is 6.74. The maximum absolute atomic E-state index is 12.4. The number of aromatic nitrogens is 1. The number of hydrogen-bond acceptors (Lipinski definition) is 5. The second-order valence-corrected chi connectivity index (χ2v) is 8.28. The number of pyridine rings is 1. The second-order valence-electron chi connectivity index (χ2n) is 8.28. The molecule has 1 saturated heterocycles. The maximum Gasteiger partial charge on any atom is 0.224 e. The lowest BCUT2D eigenvalue weighted by Gasteiger charge is -2.28. The topological polar surface area (TPSA) is 83.6 Å². The molecular weight excluding hydrogens is 416 g/mol. The summed E-state index contributed by atoms with van der Waals surface area (Å²) in [6.45, 7) is 7.24. The Morgan fingerprint density at radius 2 is 1.58 bits per heavy atom. The van der Waals surface area contributed by atoms with Gasteiger partial charge in [0.2, 0.25) is 11.8 Å². The molecule has 7 heteroatoms. The van der Waals surface area contributed by atoms with Gasteiger partial charge < -0.3 is 20.3 Å². The number of carbonyl (C=O) groups is 2. The Balaban J connectivity index is 1.34. The van der Waals surface area contributed by atoms with Crippen LogP contribution in [-0.2, 0) is 20.7 Å². The minimum atomic E-state index is -0.193. The van der Waals surface area contributed by atoms with E-state index >= 15 is 0 Å². The molecular formula is C26H30N4O3. The molecule has 0 aliphatic carbocycles. The number of anilines is 3. The number of benzene rings is 2. The van der Waals surface area contributed by atoms with Gasteiger partial charge in [0.15, 0.2) is 0 Å². The van der Waals surface area contributed by atoms with Crippen molar-refractivity contribution < 1.29 is 14.3 Å². The number of carbonyl (C=O) groups excluding carboxylic acids is 2. The quantitative estimate of drug-likeness (QED) is 0.565. The Morgan fingerprint density at radius 1 is 0.939 bits per heavy atom. The van der Waals surface area contributed by atoms with E-state index in [1.54, 1.807) is 0 Å². The highest BCUT2D eigenvalue weighted by atomic mass is 16.5. The van der Waals surface area contributed by atoms with Crippen LogP contribution in [0.4, 0.5) is 17.2 Å². The second kappa shape index (κ2) is 10.4. The van der Waals surface area contributed by atoms with Crippen LogP contribution in [0.2, 0.25) is 0 Å². The molecule has 2 aromatic carbocycles. The molecule has 1 fully saturated rings. The number of ether oxygens (including phenoxy) is 1. The highest BCUT2D eigenvalue weighted by Gasteiger charge is 2.15. The van der Waals surface area contributed by atoms with Crippen molar-refractivity contribution in [2.75, 3.05) is 41.8 Å².